The van der Waals surface area contributed by atoms with Crippen molar-refractivity contribution in [2.75, 3.05) is 44.8 Å². The molecule has 0 aliphatic rings. The van der Waals surface area contributed by atoms with Gasteiger partial charge in [0.2, 0.25) is 5.95 Å². The first-order valence-electron chi connectivity index (χ1n) is 6.65. The van der Waals surface area contributed by atoms with E-state index in [0.717, 1.165) is 32.4 Å². The number of rotatable bonds is 9. The molecule has 3 N–H and O–H groups in total. The SMILES string of the molecule is CCCCNc1nc(N)nnc1OCCCN(C)C. The first-order chi connectivity index (χ1) is 9.13. The minimum atomic E-state index is 0.152. The molecule has 0 saturated carbocycles. The lowest BCUT2D eigenvalue weighted by molar-refractivity contribution is 0.271. The first kappa shape index (κ1) is 15.4. The standard InChI is InChI=1S/C12H24N6O/c1-4-5-7-14-10-11(16-17-12(13)15-10)19-9-6-8-18(2)3/h4-9H2,1-3H3,(H3,13,14,15,17). The van der Waals surface area contributed by atoms with Crippen molar-refractivity contribution < 1.29 is 4.74 Å². The Morgan fingerprint density at radius 3 is 2.74 bits per heavy atom. The summed E-state index contributed by atoms with van der Waals surface area (Å²) in [5.41, 5.74) is 5.54. The molecule has 1 aromatic heterocycles. The van der Waals surface area contributed by atoms with Crippen LogP contribution in [0.1, 0.15) is 26.2 Å². The molecule has 7 nitrogen and oxygen atoms in total. The van der Waals surface area contributed by atoms with E-state index in [1.807, 2.05) is 14.1 Å². The number of anilines is 2. The second kappa shape index (κ2) is 8.47. The maximum atomic E-state index is 5.59. The molecule has 1 heterocycles. The van der Waals surface area contributed by atoms with Crippen molar-refractivity contribution in [2.24, 2.45) is 0 Å². The zero-order valence-electron chi connectivity index (χ0n) is 12.0. The van der Waals surface area contributed by atoms with Gasteiger partial charge in [0.15, 0.2) is 5.82 Å². The van der Waals surface area contributed by atoms with E-state index in [4.69, 9.17) is 10.5 Å². The van der Waals surface area contributed by atoms with Crippen LogP contribution in [0, 0.1) is 0 Å². The highest BCUT2D eigenvalue weighted by molar-refractivity contribution is 5.46. The Hall–Kier alpha value is -1.63. The highest BCUT2D eigenvalue weighted by atomic mass is 16.5. The number of aromatic nitrogens is 3. The van der Waals surface area contributed by atoms with Crippen LogP contribution >= 0.6 is 0 Å². The molecule has 0 aliphatic heterocycles. The molecule has 0 atom stereocenters. The van der Waals surface area contributed by atoms with Gasteiger partial charge in [-0.3, -0.25) is 0 Å². The van der Waals surface area contributed by atoms with Crippen molar-refractivity contribution in [1.29, 1.82) is 0 Å². The van der Waals surface area contributed by atoms with Gasteiger partial charge in [-0.15, -0.1) is 10.2 Å². The highest BCUT2D eigenvalue weighted by Gasteiger charge is 2.08. The van der Waals surface area contributed by atoms with Gasteiger partial charge in [0, 0.05) is 13.1 Å². The van der Waals surface area contributed by atoms with Crippen LogP contribution in [0.5, 0.6) is 5.88 Å². The Kier molecular flexibility index (Phi) is 6.88. The maximum absolute atomic E-state index is 5.59. The fourth-order valence-corrected chi connectivity index (χ4v) is 1.47. The lowest BCUT2D eigenvalue weighted by Crippen LogP contribution is -2.16. The van der Waals surface area contributed by atoms with Crippen LogP contribution in [0.3, 0.4) is 0 Å². The third kappa shape index (κ3) is 6.19. The van der Waals surface area contributed by atoms with Crippen molar-refractivity contribution in [3.63, 3.8) is 0 Å². The normalized spacial score (nSPS) is 10.7. The van der Waals surface area contributed by atoms with Gasteiger partial charge in [-0.2, -0.15) is 4.98 Å². The predicted molar refractivity (Wildman–Crippen MR) is 76.3 cm³/mol. The van der Waals surface area contributed by atoms with Crippen LogP contribution in [0.25, 0.3) is 0 Å². The summed E-state index contributed by atoms with van der Waals surface area (Å²) in [6.07, 6.45) is 3.09. The van der Waals surface area contributed by atoms with Crippen molar-refractivity contribution in [3.8, 4) is 5.88 Å². The van der Waals surface area contributed by atoms with Gasteiger partial charge in [0.05, 0.1) is 6.61 Å². The van der Waals surface area contributed by atoms with E-state index in [2.05, 4.69) is 32.3 Å². The largest absolute Gasteiger partial charge is 0.474 e. The Bertz CT molecular complexity index is 371. The summed E-state index contributed by atoms with van der Waals surface area (Å²) in [4.78, 5) is 6.22. The summed E-state index contributed by atoms with van der Waals surface area (Å²) in [7, 11) is 4.06. The zero-order valence-corrected chi connectivity index (χ0v) is 12.0. The topological polar surface area (TPSA) is 89.2 Å². The van der Waals surface area contributed by atoms with Crippen molar-refractivity contribution in [3.05, 3.63) is 0 Å². The smallest absolute Gasteiger partial charge is 0.276 e. The minimum absolute atomic E-state index is 0.152. The molecule has 0 radical (unpaired) electrons. The third-order valence-electron chi connectivity index (χ3n) is 2.48. The van der Waals surface area contributed by atoms with Crippen LogP contribution < -0.4 is 15.8 Å². The quantitative estimate of drug-likeness (QED) is 0.646. The summed E-state index contributed by atoms with van der Waals surface area (Å²) >= 11 is 0. The lowest BCUT2D eigenvalue weighted by atomic mass is 10.3. The van der Waals surface area contributed by atoms with E-state index >= 15 is 0 Å². The van der Waals surface area contributed by atoms with Gasteiger partial charge in [-0.05, 0) is 26.9 Å². The average Bonchev–Trinajstić information content (AvgIpc) is 2.36. The van der Waals surface area contributed by atoms with E-state index in [1.54, 1.807) is 0 Å². The predicted octanol–water partition coefficient (Wildman–Crippen LogP) is 0.996. The number of hydrogen-bond acceptors (Lipinski definition) is 7. The summed E-state index contributed by atoms with van der Waals surface area (Å²) in [5, 5.41) is 10.8. The molecule has 108 valence electrons. The molecular formula is C12H24N6O. The second-order valence-electron chi connectivity index (χ2n) is 4.61. The van der Waals surface area contributed by atoms with E-state index < -0.39 is 0 Å². The molecular weight excluding hydrogens is 244 g/mol. The van der Waals surface area contributed by atoms with Crippen LogP contribution in [-0.4, -0.2) is 53.9 Å². The highest BCUT2D eigenvalue weighted by Crippen LogP contribution is 2.18. The number of unbranched alkanes of at least 4 members (excludes halogenated alkanes) is 1. The van der Waals surface area contributed by atoms with Gasteiger partial charge >= 0.3 is 0 Å². The summed E-state index contributed by atoms with van der Waals surface area (Å²) < 4.78 is 5.59. The third-order valence-corrected chi connectivity index (χ3v) is 2.48. The fourth-order valence-electron chi connectivity index (χ4n) is 1.47. The molecule has 19 heavy (non-hydrogen) atoms. The molecule has 1 rings (SSSR count). The van der Waals surface area contributed by atoms with Crippen LogP contribution in [0.4, 0.5) is 11.8 Å². The summed E-state index contributed by atoms with van der Waals surface area (Å²) in [5.74, 6) is 1.15. The molecule has 0 amide bonds. The number of hydrogen-bond donors (Lipinski definition) is 2. The first-order valence-corrected chi connectivity index (χ1v) is 6.65. The molecule has 7 heteroatoms. The van der Waals surface area contributed by atoms with Crippen LogP contribution in [-0.2, 0) is 0 Å². The van der Waals surface area contributed by atoms with Gasteiger partial charge in [-0.1, -0.05) is 13.3 Å². The lowest BCUT2D eigenvalue weighted by Gasteiger charge is -2.12. The summed E-state index contributed by atoms with van der Waals surface area (Å²) in [6.45, 7) is 4.50. The van der Waals surface area contributed by atoms with Crippen molar-refractivity contribution in [2.45, 2.75) is 26.2 Å². The number of nitrogen functional groups attached to an aromatic ring is 1. The Morgan fingerprint density at radius 2 is 2.05 bits per heavy atom. The van der Waals surface area contributed by atoms with Gasteiger partial charge in [0.25, 0.3) is 5.88 Å². The molecule has 0 saturated heterocycles. The second-order valence-corrected chi connectivity index (χ2v) is 4.61. The average molecular weight is 268 g/mol. The number of nitrogens with two attached hydrogens (primary N) is 1. The Balaban J connectivity index is 2.50. The Morgan fingerprint density at radius 1 is 1.26 bits per heavy atom. The van der Waals surface area contributed by atoms with E-state index in [1.165, 1.54) is 0 Å². The van der Waals surface area contributed by atoms with E-state index in [9.17, 15) is 0 Å². The molecule has 0 fully saturated rings. The molecule has 0 unspecified atom stereocenters. The van der Waals surface area contributed by atoms with Gasteiger partial charge in [-0.25, -0.2) is 0 Å². The Labute approximate surface area is 114 Å². The zero-order chi connectivity index (χ0) is 14.1. The maximum Gasteiger partial charge on any atom is 0.276 e. The van der Waals surface area contributed by atoms with Gasteiger partial charge < -0.3 is 20.7 Å². The number of ether oxygens (including phenoxy) is 1. The van der Waals surface area contributed by atoms with E-state index in [0.29, 0.717) is 18.3 Å². The number of nitrogens with one attached hydrogen (secondary N) is 1. The fraction of sp³-hybridized carbons (Fsp3) is 0.750. The molecule has 0 bridgehead atoms. The van der Waals surface area contributed by atoms with E-state index in [-0.39, 0.29) is 5.95 Å². The van der Waals surface area contributed by atoms with Crippen molar-refractivity contribution in [1.82, 2.24) is 20.1 Å². The minimum Gasteiger partial charge on any atom is -0.474 e. The van der Waals surface area contributed by atoms with Crippen LogP contribution in [0.15, 0.2) is 0 Å². The van der Waals surface area contributed by atoms with Crippen LogP contribution in [0.2, 0.25) is 0 Å². The molecule has 0 aliphatic carbocycles. The van der Waals surface area contributed by atoms with Crippen molar-refractivity contribution >= 4 is 11.8 Å². The molecule has 0 aromatic carbocycles. The summed E-state index contributed by atoms with van der Waals surface area (Å²) in [6, 6.07) is 0. The molecule has 1 aromatic rings. The number of nitrogens with zero attached hydrogens (tertiary/aromatic N) is 4. The van der Waals surface area contributed by atoms with Gasteiger partial charge in [0.1, 0.15) is 0 Å². The molecule has 0 spiro atoms. The monoisotopic (exact) mass is 268 g/mol.